The number of aryl methyl sites for hydroxylation is 1. The van der Waals surface area contributed by atoms with Crippen LogP contribution in [-0.4, -0.2) is 27.5 Å². The Labute approximate surface area is 163 Å². The second-order valence-electron chi connectivity index (χ2n) is 6.13. The maximum atomic E-state index is 12.5. The number of ether oxygens (including phenoxy) is 1. The molecule has 3 rings (SSSR count). The second-order valence-corrected chi connectivity index (χ2v) is 6.13. The number of carbonyl (C=O) groups excluding carboxylic acids is 1. The molecule has 0 aliphatic rings. The van der Waals surface area contributed by atoms with E-state index in [0.29, 0.717) is 29.4 Å². The van der Waals surface area contributed by atoms with Crippen LogP contribution in [0.4, 0.5) is 5.82 Å². The van der Waals surface area contributed by atoms with E-state index < -0.39 is 0 Å². The molecule has 2 aromatic carbocycles. The number of nitrogens with zero attached hydrogens (tertiary/aromatic N) is 2. The molecule has 3 N–H and O–H groups in total. The van der Waals surface area contributed by atoms with Crippen LogP contribution in [0.25, 0.3) is 0 Å². The van der Waals surface area contributed by atoms with E-state index >= 15 is 0 Å². The van der Waals surface area contributed by atoms with Crippen molar-refractivity contribution < 1.29 is 14.6 Å². The van der Waals surface area contributed by atoms with E-state index in [1.54, 1.807) is 36.4 Å². The van der Waals surface area contributed by atoms with Gasteiger partial charge in [-0.1, -0.05) is 6.07 Å². The lowest BCUT2D eigenvalue weighted by Gasteiger charge is -2.10. The molecule has 1 heterocycles. The Bertz CT molecular complexity index is 958. The zero-order chi connectivity index (χ0) is 19.9. The maximum absolute atomic E-state index is 12.5. The second kappa shape index (κ2) is 8.85. The van der Waals surface area contributed by atoms with Gasteiger partial charge in [0.05, 0.1) is 12.2 Å². The minimum atomic E-state index is -0.225. The Hall–Kier alpha value is -3.61. The monoisotopic (exact) mass is 378 g/mol. The lowest BCUT2D eigenvalue weighted by Crippen LogP contribution is -2.23. The fourth-order valence-corrected chi connectivity index (χ4v) is 2.62. The first-order valence-electron chi connectivity index (χ1n) is 8.97. The smallest absolute Gasteiger partial charge is 0.251 e. The number of nitrogens with one attached hydrogen (secondary N) is 2. The van der Waals surface area contributed by atoms with Crippen molar-refractivity contribution >= 4 is 11.7 Å². The van der Waals surface area contributed by atoms with Gasteiger partial charge in [-0.2, -0.15) is 0 Å². The van der Waals surface area contributed by atoms with E-state index in [1.165, 1.54) is 12.1 Å². The minimum absolute atomic E-state index is 0.165. The number of benzene rings is 2. The fraction of sp³-hybridized carbons (Fsp3) is 0.190. The third-order valence-electron chi connectivity index (χ3n) is 3.85. The molecule has 0 radical (unpaired) electrons. The number of aromatic hydroxyl groups is 1. The quantitative estimate of drug-likeness (QED) is 0.581. The summed E-state index contributed by atoms with van der Waals surface area (Å²) < 4.78 is 5.73. The van der Waals surface area contributed by atoms with E-state index in [2.05, 4.69) is 20.6 Å². The van der Waals surface area contributed by atoms with Crippen LogP contribution in [0.3, 0.4) is 0 Å². The van der Waals surface area contributed by atoms with Crippen LogP contribution in [0.1, 0.15) is 28.8 Å². The number of hydrogen-bond acceptors (Lipinski definition) is 6. The van der Waals surface area contributed by atoms with Crippen LogP contribution in [0.15, 0.2) is 54.6 Å². The van der Waals surface area contributed by atoms with Crippen LogP contribution >= 0.6 is 0 Å². The third kappa shape index (κ3) is 5.20. The molecule has 0 spiro atoms. The predicted molar refractivity (Wildman–Crippen MR) is 107 cm³/mol. The topological polar surface area (TPSA) is 96.4 Å². The zero-order valence-corrected chi connectivity index (χ0v) is 15.8. The molecule has 0 unspecified atom stereocenters. The molecule has 0 saturated heterocycles. The number of amides is 1. The number of phenolic OH excluding ortho intramolecular Hbond substituents is 1. The Morgan fingerprint density at radius 2 is 1.86 bits per heavy atom. The zero-order valence-electron chi connectivity index (χ0n) is 15.8. The molecule has 0 aliphatic carbocycles. The van der Waals surface area contributed by atoms with Crippen LogP contribution in [0.5, 0.6) is 17.2 Å². The van der Waals surface area contributed by atoms with Gasteiger partial charge in [0.2, 0.25) is 0 Å². The summed E-state index contributed by atoms with van der Waals surface area (Å²) in [7, 11) is 0. The summed E-state index contributed by atoms with van der Waals surface area (Å²) in [6.45, 7) is 4.86. The maximum Gasteiger partial charge on any atom is 0.251 e. The van der Waals surface area contributed by atoms with Crippen LogP contribution in [0, 0.1) is 6.92 Å². The van der Waals surface area contributed by atoms with E-state index in [0.717, 1.165) is 18.1 Å². The first-order chi connectivity index (χ1) is 13.5. The van der Waals surface area contributed by atoms with Gasteiger partial charge in [-0.25, -0.2) is 9.97 Å². The Kier molecular flexibility index (Phi) is 6.06. The highest BCUT2D eigenvalue weighted by Gasteiger charge is 2.09. The molecule has 0 aliphatic heterocycles. The van der Waals surface area contributed by atoms with Gasteiger partial charge in [0.1, 0.15) is 28.9 Å². The summed E-state index contributed by atoms with van der Waals surface area (Å²) in [6, 6.07) is 15.1. The molecule has 1 aromatic heterocycles. The lowest BCUT2D eigenvalue weighted by atomic mass is 10.2. The van der Waals surface area contributed by atoms with E-state index in [9.17, 15) is 9.90 Å². The summed E-state index contributed by atoms with van der Waals surface area (Å²) >= 11 is 0. The van der Waals surface area contributed by atoms with Crippen LogP contribution < -0.4 is 15.4 Å². The van der Waals surface area contributed by atoms with Gasteiger partial charge in [0.15, 0.2) is 0 Å². The van der Waals surface area contributed by atoms with Crippen molar-refractivity contribution in [3.05, 3.63) is 71.7 Å². The summed E-state index contributed by atoms with van der Waals surface area (Å²) in [5.74, 6) is 2.43. The molecule has 0 fully saturated rings. The van der Waals surface area contributed by atoms with Gasteiger partial charge < -0.3 is 20.5 Å². The Balaban J connectivity index is 1.65. The first-order valence-corrected chi connectivity index (χ1v) is 8.97. The highest BCUT2D eigenvalue weighted by molar-refractivity contribution is 5.94. The van der Waals surface area contributed by atoms with Gasteiger partial charge in [-0.05, 0) is 56.3 Å². The van der Waals surface area contributed by atoms with Gasteiger partial charge in [0.25, 0.3) is 5.91 Å². The standard InChI is InChI=1S/C21H22N4O3/c1-3-22-20-12-16(24-14(2)25-20)13-23-21(27)15-5-4-6-19(11-15)28-18-9-7-17(26)8-10-18/h4-12,26H,3,13H2,1-2H3,(H,23,27)(H,22,24,25). The molecule has 0 bridgehead atoms. The first kappa shape index (κ1) is 19.2. The van der Waals surface area contributed by atoms with Crippen molar-refractivity contribution in [1.82, 2.24) is 15.3 Å². The number of carbonyl (C=O) groups is 1. The van der Waals surface area contributed by atoms with Crippen LogP contribution in [-0.2, 0) is 6.54 Å². The average Bonchev–Trinajstić information content (AvgIpc) is 2.68. The number of phenols is 1. The van der Waals surface area contributed by atoms with Crippen molar-refractivity contribution in [3.8, 4) is 17.2 Å². The van der Waals surface area contributed by atoms with Crippen molar-refractivity contribution in [2.24, 2.45) is 0 Å². The van der Waals surface area contributed by atoms with Crippen molar-refractivity contribution in [1.29, 1.82) is 0 Å². The molecular formula is C21H22N4O3. The molecule has 28 heavy (non-hydrogen) atoms. The van der Waals surface area contributed by atoms with Gasteiger partial charge >= 0.3 is 0 Å². The average molecular weight is 378 g/mol. The molecule has 0 atom stereocenters. The van der Waals surface area contributed by atoms with Gasteiger partial charge in [0, 0.05) is 18.2 Å². The number of hydrogen-bond donors (Lipinski definition) is 3. The normalized spacial score (nSPS) is 10.4. The van der Waals surface area contributed by atoms with E-state index in [1.807, 2.05) is 19.9 Å². The fourth-order valence-electron chi connectivity index (χ4n) is 2.62. The molecule has 7 nitrogen and oxygen atoms in total. The summed E-state index contributed by atoms with van der Waals surface area (Å²) in [6.07, 6.45) is 0. The molecule has 7 heteroatoms. The molecule has 144 valence electrons. The Morgan fingerprint density at radius 1 is 1.07 bits per heavy atom. The molecule has 3 aromatic rings. The van der Waals surface area contributed by atoms with E-state index in [4.69, 9.17) is 4.74 Å². The van der Waals surface area contributed by atoms with Crippen molar-refractivity contribution in [2.45, 2.75) is 20.4 Å². The van der Waals surface area contributed by atoms with Crippen LogP contribution in [0.2, 0.25) is 0 Å². The summed E-state index contributed by atoms with van der Waals surface area (Å²) in [5, 5.41) is 15.3. The largest absolute Gasteiger partial charge is 0.508 e. The minimum Gasteiger partial charge on any atom is -0.508 e. The van der Waals surface area contributed by atoms with Gasteiger partial charge in [-0.3, -0.25) is 4.79 Å². The predicted octanol–water partition coefficient (Wildman–Crippen LogP) is 3.64. The molecule has 0 saturated carbocycles. The highest BCUT2D eigenvalue weighted by Crippen LogP contribution is 2.24. The third-order valence-corrected chi connectivity index (χ3v) is 3.85. The van der Waals surface area contributed by atoms with Gasteiger partial charge in [-0.15, -0.1) is 0 Å². The summed E-state index contributed by atoms with van der Waals surface area (Å²) in [4.78, 5) is 21.2. The number of rotatable bonds is 7. The number of aromatic nitrogens is 2. The van der Waals surface area contributed by atoms with Crippen molar-refractivity contribution in [3.63, 3.8) is 0 Å². The SMILES string of the molecule is CCNc1cc(CNC(=O)c2cccc(Oc3ccc(O)cc3)c2)nc(C)n1. The highest BCUT2D eigenvalue weighted by atomic mass is 16.5. The Morgan fingerprint density at radius 3 is 2.61 bits per heavy atom. The van der Waals surface area contributed by atoms with E-state index in [-0.39, 0.29) is 11.7 Å². The molecule has 1 amide bonds. The lowest BCUT2D eigenvalue weighted by molar-refractivity contribution is 0.0950. The number of anilines is 1. The summed E-state index contributed by atoms with van der Waals surface area (Å²) in [5.41, 5.74) is 1.21. The van der Waals surface area contributed by atoms with Crippen molar-refractivity contribution in [2.75, 3.05) is 11.9 Å². The molecular weight excluding hydrogens is 356 g/mol.